The van der Waals surface area contributed by atoms with Gasteiger partial charge in [0.2, 0.25) is 0 Å². The van der Waals surface area contributed by atoms with Gasteiger partial charge in [-0.15, -0.1) is 0 Å². The molecule has 5 aromatic rings. The Balaban J connectivity index is 1.29. The number of carbonyl (C=O) groups is 1. The first-order chi connectivity index (χ1) is 24.3. The van der Waals surface area contributed by atoms with Crippen LogP contribution in [0.3, 0.4) is 0 Å². The smallest absolute Gasteiger partial charge is 0.271 e. The number of hydrogen-bond acceptors (Lipinski definition) is 6. The van der Waals surface area contributed by atoms with Crippen molar-refractivity contribution >= 4 is 34.4 Å². The Morgan fingerprint density at radius 1 is 0.804 bits per heavy atom. The summed E-state index contributed by atoms with van der Waals surface area (Å²) in [5.41, 5.74) is -0.178. The lowest BCUT2D eigenvalue weighted by atomic mass is 10.0. The fourth-order valence-electron chi connectivity index (χ4n) is 6.24. The Hall–Kier alpha value is -4.62. The van der Waals surface area contributed by atoms with E-state index in [2.05, 4.69) is 55.3 Å². The molecule has 1 unspecified atom stereocenters. The van der Waals surface area contributed by atoms with E-state index >= 15 is 4.39 Å². The molecule has 7 nitrogen and oxygen atoms in total. The summed E-state index contributed by atoms with van der Waals surface area (Å²) >= 11 is 0. The molecule has 0 bridgehead atoms. The summed E-state index contributed by atoms with van der Waals surface area (Å²) in [6.45, 7) is 8.38. The number of hydrogen-bond donors (Lipinski definition) is 1. The van der Waals surface area contributed by atoms with Crippen molar-refractivity contribution in [1.29, 1.82) is 0 Å². The van der Waals surface area contributed by atoms with Crippen LogP contribution < -0.4 is 15.7 Å². The van der Waals surface area contributed by atoms with Crippen molar-refractivity contribution < 1.29 is 35.5 Å². The van der Waals surface area contributed by atoms with Gasteiger partial charge in [-0.2, -0.15) is 0 Å². The van der Waals surface area contributed by atoms with E-state index in [1.807, 2.05) is 36.4 Å². The maximum absolute atomic E-state index is 15.1. The van der Waals surface area contributed by atoms with Crippen LogP contribution in [0.1, 0.15) is 53.2 Å². The highest BCUT2D eigenvalue weighted by Crippen LogP contribution is 2.39. The first-order valence-electron chi connectivity index (χ1n) is 16.3. The maximum Gasteiger partial charge on any atom is 0.271 e. The summed E-state index contributed by atoms with van der Waals surface area (Å²) in [4.78, 5) is 16.9. The van der Waals surface area contributed by atoms with Gasteiger partial charge in [-0.05, 0) is 82.0 Å². The van der Waals surface area contributed by atoms with E-state index in [0.717, 1.165) is 59.0 Å². The number of rotatable bonds is 13. The molecule has 1 amide bonds. The van der Waals surface area contributed by atoms with E-state index in [-0.39, 0.29) is 46.7 Å². The zero-order chi connectivity index (χ0) is 36.8. The van der Waals surface area contributed by atoms with E-state index in [1.54, 1.807) is 0 Å². The van der Waals surface area contributed by atoms with E-state index in [0.29, 0.717) is 0 Å². The number of aromatic nitrogens is 1. The van der Waals surface area contributed by atoms with E-state index in [4.69, 9.17) is 9.16 Å². The molecular weight excluding hydrogens is 694 g/mol. The molecule has 266 valence electrons. The molecule has 0 spiro atoms. The van der Waals surface area contributed by atoms with E-state index in [9.17, 15) is 22.0 Å². The number of halogens is 3. The van der Waals surface area contributed by atoms with Crippen molar-refractivity contribution in [2.45, 2.75) is 42.9 Å². The lowest BCUT2D eigenvalue weighted by molar-refractivity contribution is 0.0682. The van der Waals surface area contributed by atoms with Crippen LogP contribution in [0.5, 0.6) is 0 Å². The summed E-state index contributed by atoms with van der Waals surface area (Å²) in [5, 5.41) is 2.97. The third kappa shape index (κ3) is 8.15. The number of carbonyl (C=O) groups excluding carboxylic acids is 1. The topological polar surface area (TPSA) is 94.6 Å². The molecule has 51 heavy (non-hydrogen) atoms. The second kappa shape index (κ2) is 15.7. The molecule has 0 fully saturated rings. The lowest BCUT2D eigenvalue weighted by Crippen LogP contribution is -2.66. The highest BCUT2D eigenvalue weighted by atomic mass is 32.2. The van der Waals surface area contributed by atoms with Crippen LogP contribution in [0, 0.1) is 24.4 Å². The molecular formula is C39H39F3N2O5SSi. The molecule has 1 atom stereocenters. The van der Waals surface area contributed by atoms with Crippen molar-refractivity contribution in [1.82, 2.24) is 10.3 Å². The lowest BCUT2D eigenvalue weighted by Gasteiger charge is -2.43. The van der Waals surface area contributed by atoms with Gasteiger partial charge < -0.3 is 14.5 Å². The first-order valence-corrected chi connectivity index (χ1v) is 19.7. The first kappa shape index (κ1) is 37.6. The van der Waals surface area contributed by atoms with Gasteiger partial charge in [0.25, 0.3) is 14.2 Å². The third-order valence-corrected chi connectivity index (χ3v) is 15.8. The van der Waals surface area contributed by atoms with Crippen LogP contribution >= 0.6 is 0 Å². The molecule has 12 heteroatoms. The average Bonchev–Trinajstić information content (AvgIpc) is 3.10. The summed E-state index contributed by atoms with van der Waals surface area (Å²) < 4.78 is 83.2. The van der Waals surface area contributed by atoms with E-state index in [1.165, 1.54) is 13.0 Å². The van der Waals surface area contributed by atoms with Gasteiger partial charge >= 0.3 is 0 Å². The number of pyridine rings is 1. The molecule has 0 aliphatic rings. The van der Waals surface area contributed by atoms with Gasteiger partial charge in [-0.3, -0.25) is 9.78 Å². The Labute approximate surface area is 297 Å². The number of benzene rings is 4. The molecule has 5 rings (SSSR count). The molecule has 0 saturated carbocycles. The van der Waals surface area contributed by atoms with Crippen LogP contribution in [-0.4, -0.2) is 47.6 Å². The molecule has 0 saturated heterocycles. The largest absolute Gasteiger partial charge is 0.405 e. The molecule has 0 radical (unpaired) electrons. The van der Waals surface area contributed by atoms with Crippen LogP contribution in [0.4, 0.5) is 13.2 Å². The predicted molar refractivity (Wildman–Crippen MR) is 193 cm³/mol. The van der Waals surface area contributed by atoms with Crippen molar-refractivity contribution in [3.8, 4) is 0 Å². The van der Waals surface area contributed by atoms with Gasteiger partial charge in [-0.1, -0.05) is 81.4 Å². The zero-order valence-electron chi connectivity index (χ0n) is 28.7. The van der Waals surface area contributed by atoms with E-state index < -0.39 is 52.3 Å². The minimum Gasteiger partial charge on any atom is -0.405 e. The fourth-order valence-corrected chi connectivity index (χ4v) is 12.7. The van der Waals surface area contributed by atoms with Crippen molar-refractivity contribution in [2.75, 3.05) is 19.9 Å². The number of ether oxygens (including phenoxy) is 1. The summed E-state index contributed by atoms with van der Waals surface area (Å²) in [6.07, 6.45) is 1.15. The van der Waals surface area contributed by atoms with Gasteiger partial charge in [0.15, 0.2) is 9.84 Å². The van der Waals surface area contributed by atoms with Crippen LogP contribution in [0.25, 0.3) is 0 Å². The van der Waals surface area contributed by atoms with Gasteiger partial charge in [0, 0.05) is 11.8 Å². The quantitative estimate of drug-likeness (QED) is 0.0631. The van der Waals surface area contributed by atoms with Crippen molar-refractivity contribution in [2.24, 2.45) is 0 Å². The average molecular weight is 733 g/mol. The molecule has 1 N–H and O–H groups in total. The number of sulfone groups is 1. The van der Waals surface area contributed by atoms with Gasteiger partial charge in [0.05, 0.1) is 18.1 Å². The van der Waals surface area contributed by atoms with Crippen LogP contribution in [0.15, 0.2) is 120 Å². The highest BCUT2D eigenvalue weighted by molar-refractivity contribution is 7.92. The maximum atomic E-state index is 15.1. The number of aryl methyl sites for hydroxylation is 1. The monoisotopic (exact) mass is 732 g/mol. The highest BCUT2D eigenvalue weighted by Gasteiger charge is 2.50. The minimum absolute atomic E-state index is 0.0251. The van der Waals surface area contributed by atoms with Crippen molar-refractivity contribution in [3.63, 3.8) is 0 Å². The molecule has 1 heterocycles. The Kier molecular flexibility index (Phi) is 11.6. The number of nitrogens with one attached hydrogen (secondary N) is 1. The Bertz CT molecular complexity index is 2040. The second-order valence-corrected chi connectivity index (χ2v) is 19.4. The molecule has 0 aliphatic heterocycles. The van der Waals surface area contributed by atoms with Crippen molar-refractivity contribution in [3.05, 3.63) is 155 Å². The molecule has 1 aromatic heterocycles. The van der Waals surface area contributed by atoms with Crippen LogP contribution in [0.2, 0.25) is 5.04 Å². The van der Waals surface area contributed by atoms with Gasteiger partial charge in [-0.25, -0.2) is 21.6 Å². The Morgan fingerprint density at radius 3 is 1.96 bits per heavy atom. The summed E-state index contributed by atoms with van der Waals surface area (Å²) in [7, 11) is -7.20. The summed E-state index contributed by atoms with van der Waals surface area (Å²) in [5.74, 6) is -3.05. The second-order valence-electron chi connectivity index (χ2n) is 13.0. The molecule has 4 aromatic carbocycles. The number of amides is 1. The van der Waals surface area contributed by atoms with Crippen LogP contribution in [-0.2, 0) is 19.0 Å². The summed E-state index contributed by atoms with van der Waals surface area (Å²) in [6, 6.07) is 28.3. The standard InChI is InChI=1S/C39H39F3N2O5SSi/c1-27-23-36(43-25-34(27)37(33-24-29(41)17-20-35(33)42)50(46,47)30-18-15-28(40)16-19-30)38(45)44-26-48-21-22-49-51(39(2,3)4,31-11-7-5-8-12-31)32-13-9-6-10-14-32/h5-20,23-25,37H,21-22,26H2,1-4H3,(H,44,45). The normalized spacial score (nSPS) is 12.8. The number of nitrogens with zero attached hydrogens (tertiary/aromatic N) is 1. The Morgan fingerprint density at radius 2 is 1.39 bits per heavy atom. The third-order valence-electron chi connectivity index (χ3n) is 8.66. The fraction of sp³-hybridized carbons (Fsp3) is 0.231. The minimum atomic E-state index is -4.44. The molecule has 0 aliphatic carbocycles. The predicted octanol–water partition coefficient (Wildman–Crippen LogP) is 6.65. The zero-order valence-corrected chi connectivity index (χ0v) is 30.5. The van der Waals surface area contributed by atoms with Gasteiger partial charge in [0.1, 0.15) is 35.1 Å². The SMILES string of the molecule is Cc1cc(C(=O)NCOCCO[Si](c2ccccc2)(c2ccccc2)C(C)(C)C)ncc1C(c1cc(F)ccc1F)S(=O)(=O)c1ccc(F)cc1.